The molecule has 0 aliphatic heterocycles. The van der Waals surface area contributed by atoms with Gasteiger partial charge in [-0.05, 0) is 42.8 Å². The van der Waals surface area contributed by atoms with Crippen LogP contribution in [0.2, 0.25) is 20.1 Å². The van der Waals surface area contributed by atoms with Crippen molar-refractivity contribution in [3.8, 4) is 17.0 Å². The second kappa shape index (κ2) is 13.7. The maximum absolute atomic E-state index is 12.6. The Hall–Kier alpha value is -2.27. The van der Waals surface area contributed by atoms with Crippen molar-refractivity contribution in [3.63, 3.8) is 0 Å². The molecule has 4 aromatic rings. The van der Waals surface area contributed by atoms with Gasteiger partial charge in [-0.3, -0.25) is 4.79 Å². The molecule has 0 spiro atoms. The highest BCUT2D eigenvalue weighted by Gasteiger charge is 2.15. The summed E-state index contributed by atoms with van der Waals surface area (Å²) in [6.45, 7) is 4.79. The van der Waals surface area contributed by atoms with E-state index in [1.54, 1.807) is 42.5 Å². The van der Waals surface area contributed by atoms with Gasteiger partial charge in [0.2, 0.25) is 5.91 Å². The smallest absolute Gasteiger partial charge is 0.236 e. The number of hydrogen-bond acceptors (Lipinski definition) is 7. The first kappa shape index (κ1) is 28.7. The maximum atomic E-state index is 12.6. The highest BCUT2D eigenvalue weighted by molar-refractivity contribution is 7.99. The van der Waals surface area contributed by atoms with E-state index in [9.17, 15) is 4.79 Å². The zero-order valence-corrected chi connectivity index (χ0v) is 24.5. The molecule has 0 aliphatic rings. The van der Waals surface area contributed by atoms with E-state index in [1.165, 1.54) is 23.1 Å². The van der Waals surface area contributed by atoms with E-state index >= 15 is 0 Å². The third-order valence-electron chi connectivity index (χ3n) is 5.09. The molecule has 2 aromatic heterocycles. The molecule has 2 heterocycles. The van der Waals surface area contributed by atoms with Crippen LogP contribution in [0.25, 0.3) is 11.3 Å². The van der Waals surface area contributed by atoms with Gasteiger partial charge in [0, 0.05) is 34.0 Å². The van der Waals surface area contributed by atoms with Crippen LogP contribution >= 0.6 is 69.5 Å². The average molecular weight is 629 g/mol. The molecule has 0 bridgehead atoms. The van der Waals surface area contributed by atoms with Crippen molar-refractivity contribution in [3.05, 3.63) is 80.3 Å². The zero-order valence-electron chi connectivity index (χ0n) is 19.8. The van der Waals surface area contributed by atoms with Gasteiger partial charge >= 0.3 is 0 Å². The van der Waals surface area contributed by atoms with Crippen LogP contribution in [0.3, 0.4) is 0 Å². The van der Waals surface area contributed by atoms with Gasteiger partial charge in [-0.15, -0.1) is 28.1 Å². The second-order valence-corrected chi connectivity index (χ2v) is 11.3. The Bertz CT molecular complexity index is 1440. The van der Waals surface area contributed by atoms with Crippen molar-refractivity contribution in [1.82, 2.24) is 19.7 Å². The summed E-state index contributed by atoms with van der Waals surface area (Å²) in [7, 11) is 0. The highest BCUT2D eigenvalue weighted by atomic mass is 35.5. The predicted octanol–water partition coefficient (Wildman–Crippen LogP) is 7.94. The molecule has 1 amide bonds. The Morgan fingerprint density at radius 2 is 1.87 bits per heavy atom. The minimum Gasteiger partial charge on any atom is -0.492 e. The normalized spacial score (nSPS) is 10.9. The lowest BCUT2D eigenvalue weighted by atomic mass is 10.2. The average Bonchev–Trinajstić information content (AvgIpc) is 3.49. The Labute approximate surface area is 248 Å². The van der Waals surface area contributed by atoms with Gasteiger partial charge in [-0.1, -0.05) is 64.2 Å². The molecule has 0 saturated carbocycles. The fraction of sp³-hybridized carbons (Fsp3) is 0.200. The number of benzene rings is 2. The van der Waals surface area contributed by atoms with Crippen LogP contribution in [-0.2, 0) is 17.8 Å². The SMILES string of the molecule is C=CCn1c(CCCOc2ccc(Cl)cc2Cl)nnc1SCC(=O)Nc1nc(-c2ccc(Cl)cc2Cl)cs1. The molecule has 2 aromatic carbocycles. The summed E-state index contributed by atoms with van der Waals surface area (Å²) < 4.78 is 7.69. The Morgan fingerprint density at radius 1 is 1.11 bits per heavy atom. The number of thioether (sulfide) groups is 1. The van der Waals surface area contributed by atoms with Crippen molar-refractivity contribution in [2.45, 2.75) is 24.5 Å². The lowest BCUT2D eigenvalue weighted by Gasteiger charge is -2.09. The quantitative estimate of drug-likeness (QED) is 0.0974. The largest absolute Gasteiger partial charge is 0.492 e. The number of halogens is 4. The number of amides is 1. The Kier molecular flexibility index (Phi) is 10.3. The van der Waals surface area contributed by atoms with E-state index in [-0.39, 0.29) is 11.7 Å². The Balaban J connectivity index is 1.30. The van der Waals surface area contributed by atoms with Gasteiger partial charge in [0.25, 0.3) is 0 Å². The minimum atomic E-state index is -0.207. The van der Waals surface area contributed by atoms with E-state index in [0.717, 1.165) is 11.4 Å². The molecule has 13 heteroatoms. The molecule has 0 radical (unpaired) electrons. The maximum Gasteiger partial charge on any atom is 0.236 e. The lowest BCUT2D eigenvalue weighted by Crippen LogP contribution is -2.14. The number of anilines is 1. The summed E-state index contributed by atoms with van der Waals surface area (Å²) in [5.74, 6) is 1.29. The zero-order chi connectivity index (χ0) is 27.1. The number of aromatic nitrogens is 4. The van der Waals surface area contributed by atoms with E-state index in [4.69, 9.17) is 51.1 Å². The first-order valence-corrected chi connectivity index (χ1v) is 14.7. The molecule has 198 valence electrons. The minimum absolute atomic E-state index is 0.143. The van der Waals surface area contributed by atoms with Gasteiger partial charge in [0.05, 0.1) is 28.1 Å². The van der Waals surface area contributed by atoms with E-state index < -0.39 is 0 Å². The van der Waals surface area contributed by atoms with Crippen LogP contribution in [0, 0.1) is 0 Å². The molecular formula is C25H21Cl4N5O2S2. The van der Waals surface area contributed by atoms with E-state index in [2.05, 4.69) is 27.1 Å². The number of nitrogens with zero attached hydrogens (tertiary/aromatic N) is 4. The van der Waals surface area contributed by atoms with Crippen LogP contribution in [-0.4, -0.2) is 38.0 Å². The number of carbonyl (C=O) groups is 1. The van der Waals surface area contributed by atoms with Crippen molar-refractivity contribution in [1.29, 1.82) is 0 Å². The number of hydrogen-bond donors (Lipinski definition) is 1. The van der Waals surface area contributed by atoms with Crippen LogP contribution < -0.4 is 10.1 Å². The van der Waals surface area contributed by atoms with Crippen molar-refractivity contribution < 1.29 is 9.53 Å². The number of aryl methyl sites for hydroxylation is 1. The lowest BCUT2D eigenvalue weighted by molar-refractivity contribution is -0.113. The Morgan fingerprint density at radius 3 is 2.61 bits per heavy atom. The summed E-state index contributed by atoms with van der Waals surface area (Å²) >= 11 is 26.9. The summed E-state index contributed by atoms with van der Waals surface area (Å²) in [6, 6.07) is 10.3. The van der Waals surface area contributed by atoms with Gasteiger partial charge in [-0.2, -0.15) is 0 Å². The standard InChI is InChI=1S/C25H21Cl4N5O2S2/c1-2-9-34-22(4-3-10-36-21-8-6-16(27)12-19(21)29)32-33-25(34)38-14-23(35)31-24-30-20(13-37-24)17-7-5-15(26)11-18(17)28/h2,5-8,11-13H,1,3-4,9-10,14H2,(H,30,31,35). The number of thiazole rings is 1. The first-order chi connectivity index (χ1) is 18.3. The van der Waals surface area contributed by atoms with Crippen LogP contribution in [0.4, 0.5) is 5.13 Å². The predicted molar refractivity (Wildman–Crippen MR) is 157 cm³/mol. The summed E-state index contributed by atoms with van der Waals surface area (Å²) in [5, 5.41) is 16.4. The molecule has 0 saturated heterocycles. The summed E-state index contributed by atoms with van der Waals surface area (Å²) in [5.41, 5.74) is 1.41. The second-order valence-electron chi connectivity index (χ2n) is 7.82. The molecular weight excluding hydrogens is 608 g/mol. The highest BCUT2D eigenvalue weighted by Crippen LogP contribution is 2.32. The first-order valence-electron chi connectivity index (χ1n) is 11.3. The van der Waals surface area contributed by atoms with Gasteiger partial charge < -0.3 is 14.6 Å². The fourth-order valence-electron chi connectivity index (χ4n) is 3.37. The summed E-state index contributed by atoms with van der Waals surface area (Å²) in [4.78, 5) is 17.1. The van der Waals surface area contributed by atoms with E-state index in [0.29, 0.717) is 67.8 Å². The van der Waals surface area contributed by atoms with Gasteiger partial charge in [-0.25, -0.2) is 4.98 Å². The molecule has 1 N–H and O–H groups in total. The van der Waals surface area contributed by atoms with Crippen molar-refractivity contribution in [2.24, 2.45) is 0 Å². The molecule has 0 atom stereocenters. The number of ether oxygens (including phenoxy) is 1. The van der Waals surface area contributed by atoms with Crippen LogP contribution in [0.5, 0.6) is 5.75 Å². The van der Waals surface area contributed by atoms with Crippen LogP contribution in [0.1, 0.15) is 12.2 Å². The number of rotatable bonds is 12. The van der Waals surface area contributed by atoms with E-state index in [1.807, 2.05) is 9.95 Å². The topological polar surface area (TPSA) is 81.9 Å². The molecule has 4 rings (SSSR count). The molecule has 0 unspecified atom stereocenters. The third kappa shape index (κ3) is 7.65. The molecule has 0 aliphatic carbocycles. The third-order valence-corrected chi connectivity index (χ3v) is 7.89. The summed E-state index contributed by atoms with van der Waals surface area (Å²) in [6.07, 6.45) is 3.09. The van der Waals surface area contributed by atoms with Crippen LogP contribution in [0.15, 0.2) is 59.6 Å². The number of allylic oxidation sites excluding steroid dienone is 1. The van der Waals surface area contributed by atoms with Crippen molar-refractivity contribution in [2.75, 3.05) is 17.7 Å². The van der Waals surface area contributed by atoms with Gasteiger partial charge in [0.1, 0.15) is 11.6 Å². The number of nitrogens with one attached hydrogen (secondary N) is 1. The van der Waals surface area contributed by atoms with Crippen molar-refractivity contribution >= 4 is 80.5 Å². The van der Waals surface area contributed by atoms with Gasteiger partial charge in [0.15, 0.2) is 10.3 Å². The molecule has 7 nitrogen and oxygen atoms in total. The monoisotopic (exact) mass is 627 g/mol. The molecule has 0 fully saturated rings. The number of carbonyl (C=O) groups excluding carboxylic acids is 1. The fourth-order valence-corrected chi connectivity index (χ4v) is 5.83. The molecule has 38 heavy (non-hydrogen) atoms.